The van der Waals surface area contributed by atoms with E-state index in [0.717, 1.165) is 41.6 Å². The Morgan fingerprint density at radius 2 is 1.88 bits per heavy atom. The van der Waals surface area contributed by atoms with Gasteiger partial charge in [0.05, 0.1) is 18.2 Å². The van der Waals surface area contributed by atoms with Crippen molar-refractivity contribution in [2.75, 3.05) is 0 Å². The molecule has 0 spiro atoms. The van der Waals surface area contributed by atoms with E-state index in [1.807, 2.05) is 65.2 Å². The molecule has 2 aromatic heterocycles. The number of unbranched alkanes of at least 4 members (excludes halogenated alkanes) is 1. The molecule has 0 aliphatic carbocycles. The molecule has 4 rings (SSSR count). The number of tetrazole rings is 1. The molecule has 0 fully saturated rings. The standard InChI is InChI=1S/C25H24N6O/c1-2-3-7-22-14-13-20(15-24-27-29-30-28-24)25(32)31(22)17-18-9-11-19(12-10-18)23-8-5-4-6-21(23)16-26/h4-6,8-14H,2-3,7,15,17H2,1H3,(H,27,28,29,30). The molecular weight excluding hydrogens is 400 g/mol. The van der Waals surface area contributed by atoms with Crippen molar-refractivity contribution >= 4 is 0 Å². The van der Waals surface area contributed by atoms with Gasteiger partial charge in [-0.05, 0) is 41.7 Å². The molecule has 0 unspecified atom stereocenters. The van der Waals surface area contributed by atoms with Gasteiger partial charge in [0.25, 0.3) is 5.56 Å². The van der Waals surface area contributed by atoms with Crippen molar-refractivity contribution in [3.63, 3.8) is 0 Å². The van der Waals surface area contributed by atoms with Crippen molar-refractivity contribution in [1.29, 1.82) is 5.26 Å². The fourth-order valence-corrected chi connectivity index (χ4v) is 3.78. The van der Waals surface area contributed by atoms with Crippen LogP contribution in [0, 0.1) is 11.3 Å². The van der Waals surface area contributed by atoms with Gasteiger partial charge in [-0.2, -0.15) is 10.5 Å². The molecule has 0 amide bonds. The lowest BCUT2D eigenvalue weighted by Crippen LogP contribution is -2.27. The lowest BCUT2D eigenvalue weighted by molar-refractivity contribution is 0.660. The Bertz CT molecular complexity index is 1280. The average molecular weight is 425 g/mol. The molecule has 2 heterocycles. The van der Waals surface area contributed by atoms with E-state index < -0.39 is 0 Å². The summed E-state index contributed by atoms with van der Waals surface area (Å²) in [6.45, 7) is 2.63. The minimum absolute atomic E-state index is 0.0256. The number of pyridine rings is 1. The summed E-state index contributed by atoms with van der Waals surface area (Å²) in [5.74, 6) is 0.496. The highest BCUT2D eigenvalue weighted by Gasteiger charge is 2.12. The van der Waals surface area contributed by atoms with Gasteiger partial charge in [-0.3, -0.25) is 4.79 Å². The molecule has 0 aliphatic rings. The van der Waals surface area contributed by atoms with Gasteiger partial charge < -0.3 is 4.57 Å². The number of aryl methyl sites for hydroxylation is 1. The van der Waals surface area contributed by atoms with E-state index in [1.165, 1.54) is 0 Å². The molecule has 7 heteroatoms. The van der Waals surface area contributed by atoms with Crippen molar-refractivity contribution in [3.8, 4) is 17.2 Å². The number of nitrogens with one attached hydrogen (secondary N) is 1. The summed E-state index contributed by atoms with van der Waals surface area (Å²) in [4.78, 5) is 13.3. The normalized spacial score (nSPS) is 10.8. The Kier molecular flexibility index (Phi) is 6.52. The van der Waals surface area contributed by atoms with E-state index in [9.17, 15) is 10.1 Å². The second kappa shape index (κ2) is 9.84. The fraction of sp³-hybridized carbons (Fsp3) is 0.240. The van der Waals surface area contributed by atoms with Crippen molar-refractivity contribution in [2.45, 2.75) is 39.2 Å². The van der Waals surface area contributed by atoms with Gasteiger partial charge in [0.15, 0.2) is 5.82 Å². The molecule has 4 aromatic rings. The molecule has 32 heavy (non-hydrogen) atoms. The van der Waals surface area contributed by atoms with Gasteiger partial charge in [0.2, 0.25) is 0 Å². The third kappa shape index (κ3) is 4.65. The fourth-order valence-electron chi connectivity index (χ4n) is 3.78. The minimum Gasteiger partial charge on any atom is -0.308 e. The largest absolute Gasteiger partial charge is 0.308 e. The summed E-state index contributed by atoms with van der Waals surface area (Å²) in [5.41, 5.74) is 5.20. The van der Waals surface area contributed by atoms with E-state index in [2.05, 4.69) is 33.6 Å². The zero-order chi connectivity index (χ0) is 22.3. The van der Waals surface area contributed by atoms with Crippen molar-refractivity contribution in [1.82, 2.24) is 25.2 Å². The number of nitrogens with zero attached hydrogens (tertiary/aromatic N) is 5. The zero-order valence-corrected chi connectivity index (χ0v) is 18.0. The van der Waals surface area contributed by atoms with Crippen LogP contribution in [-0.2, 0) is 19.4 Å². The maximum absolute atomic E-state index is 13.3. The molecule has 0 saturated heterocycles. The molecule has 2 aromatic carbocycles. The number of aromatic nitrogens is 5. The van der Waals surface area contributed by atoms with Gasteiger partial charge in [-0.1, -0.05) is 67.1 Å². The molecule has 1 N–H and O–H groups in total. The summed E-state index contributed by atoms with van der Waals surface area (Å²) < 4.78 is 1.85. The van der Waals surface area contributed by atoms with Crippen LogP contribution in [-0.4, -0.2) is 25.2 Å². The molecule has 0 bridgehead atoms. The van der Waals surface area contributed by atoms with Gasteiger partial charge in [0.1, 0.15) is 0 Å². The second-order valence-electron chi connectivity index (χ2n) is 7.70. The maximum Gasteiger partial charge on any atom is 0.254 e. The van der Waals surface area contributed by atoms with Crippen LogP contribution in [0.25, 0.3) is 11.1 Å². The number of nitriles is 1. The molecular formula is C25H24N6O. The first-order chi connectivity index (χ1) is 15.7. The van der Waals surface area contributed by atoms with Gasteiger partial charge in [-0.25, -0.2) is 0 Å². The third-order valence-electron chi connectivity index (χ3n) is 5.52. The second-order valence-corrected chi connectivity index (χ2v) is 7.70. The van der Waals surface area contributed by atoms with Gasteiger partial charge in [-0.15, -0.1) is 10.2 Å². The molecule has 7 nitrogen and oxygen atoms in total. The summed E-state index contributed by atoms with van der Waals surface area (Å²) in [5, 5.41) is 23.3. The van der Waals surface area contributed by atoms with Crippen LogP contribution in [0.2, 0.25) is 0 Å². The lowest BCUT2D eigenvalue weighted by atomic mass is 9.99. The molecule has 160 valence electrons. The van der Waals surface area contributed by atoms with E-state index in [-0.39, 0.29) is 5.56 Å². The molecule has 0 radical (unpaired) electrons. The van der Waals surface area contributed by atoms with Crippen LogP contribution in [0.4, 0.5) is 0 Å². The maximum atomic E-state index is 13.3. The van der Waals surface area contributed by atoms with Gasteiger partial charge >= 0.3 is 0 Å². The highest BCUT2D eigenvalue weighted by molar-refractivity contribution is 5.70. The summed E-state index contributed by atoms with van der Waals surface area (Å²) in [7, 11) is 0. The Hall–Kier alpha value is -4.05. The van der Waals surface area contributed by atoms with Crippen LogP contribution in [0.5, 0.6) is 0 Å². The Labute approximate surface area is 186 Å². The van der Waals surface area contributed by atoms with Crippen LogP contribution in [0.3, 0.4) is 0 Å². The number of H-pyrrole nitrogens is 1. The molecule has 0 saturated carbocycles. The van der Waals surface area contributed by atoms with Crippen LogP contribution in [0.15, 0.2) is 65.5 Å². The number of benzene rings is 2. The zero-order valence-electron chi connectivity index (χ0n) is 18.0. The number of hydrogen-bond acceptors (Lipinski definition) is 5. The summed E-state index contributed by atoms with van der Waals surface area (Å²) in [6.07, 6.45) is 3.27. The number of aromatic amines is 1. The van der Waals surface area contributed by atoms with E-state index in [0.29, 0.717) is 29.9 Å². The monoisotopic (exact) mass is 424 g/mol. The summed E-state index contributed by atoms with van der Waals surface area (Å²) >= 11 is 0. The van der Waals surface area contributed by atoms with Crippen molar-refractivity contribution < 1.29 is 0 Å². The SMILES string of the molecule is CCCCc1ccc(Cc2nn[nH]n2)c(=O)n1Cc1ccc(-c2ccccc2C#N)cc1. The van der Waals surface area contributed by atoms with Crippen LogP contribution < -0.4 is 5.56 Å². The highest BCUT2D eigenvalue weighted by atomic mass is 16.1. The van der Waals surface area contributed by atoms with E-state index >= 15 is 0 Å². The van der Waals surface area contributed by atoms with Crippen LogP contribution in [0.1, 0.15) is 48.0 Å². The first kappa shape index (κ1) is 21.2. The smallest absolute Gasteiger partial charge is 0.254 e. The van der Waals surface area contributed by atoms with Crippen LogP contribution >= 0.6 is 0 Å². The number of hydrogen-bond donors (Lipinski definition) is 1. The molecule has 0 atom stereocenters. The first-order valence-electron chi connectivity index (χ1n) is 10.7. The predicted molar refractivity (Wildman–Crippen MR) is 122 cm³/mol. The predicted octanol–water partition coefficient (Wildman–Crippen LogP) is 3.88. The average Bonchev–Trinajstić information content (AvgIpc) is 3.35. The first-order valence-corrected chi connectivity index (χ1v) is 10.7. The Morgan fingerprint density at radius 3 is 2.59 bits per heavy atom. The van der Waals surface area contributed by atoms with Crippen molar-refractivity contribution in [3.05, 3.63) is 99.2 Å². The lowest BCUT2D eigenvalue weighted by Gasteiger charge is -2.15. The topological polar surface area (TPSA) is 100 Å². The van der Waals surface area contributed by atoms with E-state index in [4.69, 9.17) is 0 Å². The molecule has 0 aliphatic heterocycles. The third-order valence-corrected chi connectivity index (χ3v) is 5.52. The Morgan fingerprint density at radius 1 is 1.06 bits per heavy atom. The minimum atomic E-state index is -0.0256. The quantitative estimate of drug-likeness (QED) is 0.463. The van der Waals surface area contributed by atoms with Gasteiger partial charge in [0, 0.05) is 17.7 Å². The number of rotatable bonds is 8. The summed E-state index contributed by atoms with van der Waals surface area (Å²) in [6, 6.07) is 21.8. The van der Waals surface area contributed by atoms with Crippen molar-refractivity contribution in [2.24, 2.45) is 0 Å². The van der Waals surface area contributed by atoms with E-state index in [1.54, 1.807) is 0 Å². The highest BCUT2D eigenvalue weighted by Crippen LogP contribution is 2.23. The Balaban J connectivity index is 1.64.